The van der Waals surface area contributed by atoms with Crippen LogP contribution in [-0.2, 0) is 6.54 Å². The summed E-state index contributed by atoms with van der Waals surface area (Å²) in [5, 5.41) is 6.96. The van der Waals surface area contributed by atoms with E-state index >= 15 is 0 Å². The topological polar surface area (TPSA) is 86.0 Å². The molecule has 0 fully saturated rings. The van der Waals surface area contributed by atoms with Gasteiger partial charge in [0.25, 0.3) is 11.5 Å². The van der Waals surface area contributed by atoms with E-state index in [2.05, 4.69) is 24.3 Å². The van der Waals surface area contributed by atoms with Crippen LogP contribution in [0, 0.1) is 6.92 Å². The van der Waals surface area contributed by atoms with Crippen LogP contribution in [0.4, 0.5) is 0 Å². The third kappa shape index (κ3) is 5.04. The van der Waals surface area contributed by atoms with Gasteiger partial charge >= 0.3 is 5.69 Å². The molecule has 0 aliphatic rings. The lowest BCUT2D eigenvalue weighted by molar-refractivity contribution is 0.0929. The minimum absolute atomic E-state index is 0.0511. The standard InChI is InChI=1S/C25H30N4O3/c1-6-18(5)26-23(30)22-24(31)28(15-19-9-7-8-17(4)14-19)25(32)29(27-22)21-12-10-20(11-13-21)16(2)3/h7-14,16,18H,6,15H2,1-5H3,(H,26,30)/t18-/m0/s1. The Morgan fingerprint density at radius 1 is 1.06 bits per heavy atom. The molecule has 1 atom stereocenters. The Morgan fingerprint density at radius 2 is 1.75 bits per heavy atom. The van der Waals surface area contributed by atoms with Crippen LogP contribution < -0.4 is 16.6 Å². The third-order valence-electron chi connectivity index (χ3n) is 5.49. The monoisotopic (exact) mass is 434 g/mol. The molecule has 0 unspecified atom stereocenters. The number of rotatable bonds is 7. The van der Waals surface area contributed by atoms with Crippen LogP contribution in [0.2, 0.25) is 0 Å². The maximum absolute atomic E-state index is 13.3. The maximum atomic E-state index is 13.3. The quantitative estimate of drug-likeness (QED) is 0.618. The zero-order valence-electron chi connectivity index (χ0n) is 19.3. The zero-order valence-corrected chi connectivity index (χ0v) is 19.3. The summed E-state index contributed by atoms with van der Waals surface area (Å²) in [6, 6.07) is 14.8. The number of carbonyl (C=O) groups is 1. The molecule has 168 valence electrons. The molecule has 3 rings (SSSR count). The van der Waals surface area contributed by atoms with Gasteiger partial charge in [0.1, 0.15) is 0 Å². The Hall–Kier alpha value is -3.48. The fourth-order valence-corrected chi connectivity index (χ4v) is 3.35. The van der Waals surface area contributed by atoms with E-state index in [1.54, 1.807) is 12.1 Å². The number of nitrogens with one attached hydrogen (secondary N) is 1. The van der Waals surface area contributed by atoms with E-state index in [9.17, 15) is 14.4 Å². The fourth-order valence-electron chi connectivity index (χ4n) is 3.35. The molecule has 0 bridgehead atoms. The Kier molecular flexibility index (Phi) is 7.08. The van der Waals surface area contributed by atoms with Crippen molar-refractivity contribution in [2.24, 2.45) is 0 Å². The van der Waals surface area contributed by atoms with Crippen LogP contribution in [0.25, 0.3) is 5.69 Å². The van der Waals surface area contributed by atoms with Gasteiger partial charge in [-0.2, -0.15) is 9.78 Å². The molecular formula is C25H30N4O3. The van der Waals surface area contributed by atoms with Crippen molar-refractivity contribution >= 4 is 5.91 Å². The summed E-state index contributed by atoms with van der Waals surface area (Å²) in [6.45, 7) is 9.95. The summed E-state index contributed by atoms with van der Waals surface area (Å²) in [6.07, 6.45) is 0.708. The van der Waals surface area contributed by atoms with Crippen molar-refractivity contribution in [1.29, 1.82) is 0 Å². The Morgan fingerprint density at radius 3 is 2.34 bits per heavy atom. The largest absolute Gasteiger partial charge is 0.352 e. The fraction of sp³-hybridized carbons (Fsp3) is 0.360. The maximum Gasteiger partial charge on any atom is 0.352 e. The molecule has 7 heteroatoms. The van der Waals surface area contributed by atoms with Crippen LogP contribution in [0.15, 0.2) is 58.1 Å². The molecule has 7 nitrogen and oxygen atoms in total. The molecule has 1 heterocycles. The predicted octanol–water partition coefficient (Wildman–Crippen LogP) is 3.40. The highest BCUT2D eigenvalue weighted by molar-refractivity contribution is 5.91. The molecule has 0 radical (unpaired) electrons. The van der Waals surface area contributed by atoms with Crippen molar-refractivity contribution in [3.63, 3.8) is 0 Å². The summed E-state index contributed by atoms with van der Waals surface area (Å²) in [5.41, 5.74) is 1.83. The molecule has 1 amide bonds. The first kappa shape index (κ1) is 23.2. The SMILES string of the molecule is CC[C@H](C)NC(=O)c1nn(-c2ccc(C(C)C)cc2)c(=O)n(Cc2cccc(C)c2)c1=O. The van der Waals surface area contributed by atoms with Crippen LogP contribution in [-0.4, -0.2) is 26.3 Å². The van der Waals surface area contributed by atoms with Crippen LogP contribution in [0.3, 0.4) is 0 Å². The smallest absolute Gasteiger partial charge is 0.348 e. The average molecular weight is 435 g/mol. The zero-order chi connectivity index (χ0) is 23.4. The number of hydrogen-bond acceptors (Lipinski definition) is 4. The second kappa shape index (κ2) is 9.77. The van der Waals surface area contributed by atoms with Gasteiger partial charge in [0.2, 0.25) is 5.69 Å². The van der Waals surface area contributed by atoms with Gasteiger partial charge < -0.3 is 5.32 Å². The summed E-state index contributed by atoms with van der Waals surface area (Å²) < 4.78 is 2.20. The molecule has 0 saturated carbocycles. The molecule has 0 aliphatic carbocycles. The highest BCUT2D eigenvalue weighted by Gasteiger charge is 2.21. The number of hydrogen-bond donors (Lipinski definition) is 1. The van der Waals surface area contributed by atoms with Gasteiger partial charge in [-0.1, -0.05) is 62.7 Å². The van der Waals surface area contributed by atoms with E-state index < -0.39 is 17.2 Å². The molecule has 32 heavy (non-hydrogen) atoms. The highest BCUT2D eigenvalue weighted by atomic mass is 16.2. The van der Waals surface area contributed by atoms with E-state index in [0.29, 0.717) is 18.0 Å². The summed E-state index contributed by atoms with van der Waals surface area (Å²) >= 11 is 0. The molecule has 0 spiro atoms. The number of aromatic nitrogens is 3. The van der Waals surface area contributed by atoms with E-state index in [1.165, 1.54) is 0 Å². The number of amides is 1. The molecule has 1 N–H and O–H groups in total. The average Bonchev–Trinajstić information content (AvgIpc) is 2.76. The lowest BCUT2D eigenvalue weighted by atomic mass is 10.0. The Balaban J connectivity index is 2.17. The van der Waals surface area contributed by atoms with Gasteiger partial charge in [-0.3, -0.25) is 14.2 Å². The molecule has 0 aliphatic heterocycles. The number of benzene rings is 2. The van der Waals surface area contributed by atoms with Crippen LogP contribution in [0.5, 0.6) is 0 Å². The van der Waals surface area contributed by atoms with Crippen molar-refractivity contribution in [2.75, 3.05) is 0 Å². The van der Waals surface area contributed by atoms with Crippen LogP contribution >= 0.6 is 0 Å². The third-order valence-corrected chi connectivity index (χ3v) is 5.49. The van der Waals surface area contributed by atoms with E-state index in [-0.39, 0.29) is 18.3 Å². The first-order chi connectivity index (χ1) is 15.2. The van der Waals surface area contributed by atoms with E-state index in [4.69, 9.17) is 0 Å². The lowest BCUT2D eigenvalue weighted by Gasteiger charge is -2.15. The second-order valence-corrected chi connectivity index (χ2v) is 8.45. The van der Waals surface area contributed by atoms with E-state index in [1.807, 2.05) is 57.2 Å². The molecule has 1 aromatic heterocycles. The second-order valence-electron chi connectivity index (χ2n) is 8.45. The van der Waals surface area contributed by atoms with Crippen molar-refractivity contribution in [3.05, 3.63) is 91.8 Å². The minimum atomic E-state index is -0.702. The Bertz CT molecular complexity index is 1220. The predicted molar refractivity (Wildman–Crippen MR) is 126 cm³/mol. The summed E-state index contributed by atoms with van der Waals surface area (Å²) in [5.74, 6) is -0.254. The van der Waals surface area contributed by atoms with Crippen molar-refractivity contribution in [3.8, 4) is 5.69 Å². The van der Waals surface area contributed by atoms with Crippen molar-refractivity contribution in [2.45, 2.75) is 59.5 Å². The van der Waals surface area contributed by atoms with Gasteiger partial charge in [-0.15, -0.1) is 0 Å². The number of nitrogens with zero attached hydrogens (tertiary/aromatic N) is 3. The van der Waals surface area contributed by atoms with Gasteiger partial charge in [0.05, 0.1) is 12.2 Å². The van der Waals surface area contributed by atoms with Gasteiger partial charge in [-0.25, -0.2) is 4.79 Å². The number of carbonyl (C=O) groups excluding carboxylic acids is 1. The lowest BCUT2D eigenvalue weighted by Crippen LogP contribution is -2.47. The Labute approximate surface area is 187 Å². The first-order valence-electron chi connectivity index (χ1n) is 10.9. The van der Waals surface area contributed by atoms with Gasteiger partial charge in [0.15, 0.2) is 0 Å². The highest BCUT2D eigenvalue weighted by Crippen LogP contribution is 2.15. The summed E-state index contributed by atoms with van der Waals surface area (Å²) in [7, 11) is 0. The molecule has 2 aromatic carbocycles. The van der Waals surface area contributed by atoms with Gasteiger partial charge in [0, 0.05) is 6.04 Å². The molecular weight excluding hydrogens is 404 g/mol. The normalized spacial score (nSPS) is 12.1. The molecule has 0 saturated heterocycles. The first-order valence-corrected chi connectivity index (χ1v) is 10.9. The van der Waals surface area contributed by atoms with Crippen molar-refractivity contribution < 1.29 is 4.79 Å². The van der Waals surface area contributed by atoms with E-state index in [0.717, 1.165) is 25.9 Å². The van der Waals surface area contributed by atoms with Crippen molar-refractivity contribution in [1.82, 2.24) is 19.7 Å². The minimum Gasteiger partial charge on any atom is -0.348 e. The molecule has 3 aromatic rings. The summed E-state index contributed by atoms with van der Waals surface area (Å²) in [4.78, 5) is 39.3. The van der Waals surface area contributed by atoms with Gasteiger partial charge in [-0.05, 0) is 49.4 Å². The van der Waals surface area contributed by atoms with Crippen LogP contribution in [0.1, 0.15) is 67.2 Å². The number of aryl methyl sites for hydroxylation is 1.